The summed E-state index contributed by atoms with van der Waals surface area (Å²) in [6, 6.07) is 5.20. The average Bonchev–Trinajstić information content (AvgIpc) is 2.99. The largest absolute Gasteiger partial charge is 0.478 e. The number of nitrogens with zero attached hydrogens (tertiary/aromatic N) is 5. The highest BCUT2D eigenvalue weighted by Crippen LogP contribution is 2.20. The van der Waals surface area contributed by atoms with Crippen molar-refractivity contribution in [3.63, 3.8) is 0 Å². The highest BCUT2D eigenvalue weighted by molar-refractivity contribution is 6.01. The van der Waals surface area contributed by atoms with E-state index in [4.69, 9.17) is 0 Å². The maximum Gasteiger partial charge on any atom is 0.337 e. The van der Waals surface area contributed by atoms with Crippen molar-refractivity contribution in [3.05, 3.63) is 41.7 Å². The lowest BCUT2D eigenvalue weighted by molar-refractivity contribution is 0.0699. The summed E-state index contributed by atoms with van der Waals surface area (Å²) in [4.78, 5) is 15.6. The van der Waals surface area contributed by atoms with E-state index in [1.165, 1.54) is 0 Å². The minimum atomic E-state index is -0.960. The van der Waals surface area contributed by atoms with E-state index >= 15 is 0 Å². The monoisotopic (exact) mass is 285 g/mol. The predicted octanol–water partition coefficient (Wildman–Crippen LogP) is 1.41. The number of carbonyl (C=O) groups is 1. The topological polar surface area (TPSA) is 85.8 Å². The van der Waals surface area contributed by atoms with Crippen molar-refractivity contribution in [2.45, 2.75) is 19.9 Å². The van der Waals surface area contributed by atoms with Gasteiger partial charge < -0.3 is 14.2 Å². The number of para-hydroxylation sites is 1. The van der Waals surface area contributed by atoms with E-state index in [-0.39, 0.29) is 5.56 Å². The van der Waals surface area contributed by atoms with Crippen LogP contribution in [-0.2, 0) is 20.0 Å². The first kappa shape index (κ1) is 13.3. The SMILES string of the molecule is Cc1nc2c(C(=O)O)cccc2n1CCc1nncn1C. The summed E-state index contributed by atoms with van der Waals surface area (Å²) < 4.78 is 3.88. The number of carboxylic acids is 1. The summed E-state index contributed by atoms with van der Waals surface area (Å²) in [6.07, 6.45) is 2.37. The second kappa shape index (κ2) is 5.01. The van der Waals surface area contributed by atoms with Gasteiger partial charge in [0.1, 0.15) is 23.5 Å². The summed E-state index contributed by atoms with van der Waals surface area (Å²) in [6.45, 7) is 2.56. The van der Waals surface area contributed by atoms with E-state index in [0.29, 0.717) is 18.5 Å². The van der Waals surface area contributed by atoms with E-state index < -0.39 is 5.97 Å². The van der Waals surface area contributed by atoms with Crippen LogP contribution in [-0.4, -0.2) is 35.4 Å². The molecule has 0 fully saturated rings. The van der Waals surface area contributed by atoms with Crippen molar-refractivity contribution in [2.24, 2.45) is 7.05 Å². The quantitative estimate of drug-likeness (QED) is 0.783. The van der Waals surface area contributed by atoms with Gasteiger partial charge in [0.25, 0.3) is 0 Å². The molecule has 2 aromatic heterocycles. The Morgan fingerprint density at radius 3 is 2.86 bits per heavy atom. The van der Waals surface area contributed by atoms with Crippen LogP contribution >= 0.6 is 0 Å². The van der Waals surface area contributed by atoms with Crippen LogP contribution in [0.1, 0.15) is 22.0 Å². The molecule has 7 heteroatoms. The maximum atomic E-state index is 11.3. The molecule has 108 valence electrons. The fourth-order valence-corrected chi connectivity index (χ4v) is 2.46. The molecule has 0 radical (unpaired) electrons. The third-order valence-electron chi connectivity index (χ3n) is 3.56. The first-order valence-electron chi connectivity index (χ1n) is 6.60. The molecule has 0 unspecified atom stereocenters. The van der Waals surface area contributed by atoms with Gasteiger partial charge >= 0.3 is 5.97 Å². The normalized spacial score (nSPS) is 11.1. The first-order valence-corrected chi connectivity index (χ1v) is 6.60. The van der Waals surface area contributed by atoms with Gasteiger partial charge in [-0.05, 0) is 19.1 Å². The van der Waals surface area contributed by atoms with Gasteiger partial charge in [-0.2, -0.15) is 0 Å². The molecule has 0 bridgehead atoms. The Labute approximate surface area is 120 Å². The van der Waals surface area contributed by atoms with Crippen LogP contribution < -0.4 is 0 Å². The Hall–Kier alpha value is -2.70. The van der Waals surface area contributed by atoms with Gasteiger partial charge in [-0.1, -0.05) is 6.07 Å². The zero-order chi connectivity index (χ0) is 15.0. The number of rotatable bonds is 4. The number of benzene rings is 1. The fourth-order valence-electron chi connectivity index (χ4n) is 2.46. The van der Waals surface area contributed by atoms with Crippen LogP contribution in [0.2, 0.25) is 0 Å². The Bertz CT molecular complexity index is 818. The van der Waals surface area contributed by atoms with E-state index in [1.807, 2.05) is 29.2 Å². The molecule has 0 amide bonds. The highest BCUT2D eigenvalue weighted by Gasteiger charge is 2.15. The maximum absolute atomic E-state index is 11.3. The molecule has 2 heterocycles. The number of fused-ring (bicyclic) bond motifs is 1. The van der Waals surface area contributed by atoms with Crippen molar-refractivity contribution in [1.29, 1.82) is 0 Å². The molecule has 0 aliphatic rings. The number of carboxylic acid groups (broad SMARTS) is 1. The molecule has 1 N–H and O–H groups in total. The third kappa shape index (κ3) is 2.26. The number of aryl methyl sites for hydroxylation is 4. The Morgan fingerprint density at radius 1 is 1.38 bits per heavy atom. The van der Waals surface area contributed by atoms with Crippen molar-refractivity contribution >= 4 is 17.0 Å². The number of imidazole rings is 1. The number of hydrogen-bond donors (Lipinski definition) is 1. The second-order valence-electron chi connectivity index (χ2n) is 4.90. The molecule has 0 saturated heterocycles. The lowest BCUT2D eigenvalue weighted by Gasteiger charge is -2.06. The van der Waals surface area contributed by atoms with Crippen LogP contribution in [0.15, 0.2) is 24.5 Å². The molecule has 3 aromatic rings. The van der Waals surface area contributed by atoms with Gasteiger partial charge in [0, 0.05) is 20.0 Å². The summed E-state index contributed by atoms with van der Waals surface area (Å²) in [5.41, 5.74) is 1.59. The van der Waals surface area contributed by atoms with Crippen LogP contribution in [0.5, 0.6) is 0 Å². The summed E-state index contributed by atoms with van der Waals surface area (Å²) in [5.74, 6) is 0.713. The zero-order valence-corrected chi connectivity index (χ0v) is 11.8. The number of hydrogen-bond acceptors (Lipinski definition) is 4. The Balaban J connectivity index is 1.99. The molecule has 0 aliphatic heterocycles. The smallest absolute Gasteiger partial charge is 0.337 e. The Morgan fingerprint density at radius 2 is 2.19 bits per heavy atom. The van der Waals surface area contributed by atoms with Crippen LogP contribution in [0.3, 0.4) is 0 Å². The average molecular weight is 285 g/mol. The highest BCUT2D eigenvalue weighted by atomic mass is 16.4. The van der Waals surface area contributed by atoms with Gasteiger partial charge in [-0.25, -0.2) is 9.78 Å². The van der Waals surface area contributed by atoms with E-state index in [9.17, 15) is 9.90 Å². The predicted molar refractivity (Wildman–Crippen MR) is 76.1 cm³/mol. The van der Waals surface area contributed by atoms with Crippen molar-refractivity contribution < 1.29 is 9.90 Å². The lowest BCUT2D eigenvalue weighted by Crippen LogP contribution is -2.07. The molecular weight excluding hydrogens is 270 g/mol. The molecule has 3 rings (SSSR count). The summed E-state index contributed by atoms with van der Waals surface area (Å²) in [7, 11) is 1.90. The van der Waals surface area contributed by atoms with Gasteiger partial charge in [0.2, 0.25) is 0 Å². The van der Waals surface area contributed by atoms with Gasteiger partial charge in [-0.3, -0.25) is 0 Å². The molecule has 7 nitrogen and oxygen atoms in total. The van der Waals surface area contributed by atoms with Crippen LogP contribution in [0, 0.1) is 6.92 Å². The molecule has 1 aromatic carbocycles. The molecule has 0 spiro atoms. The van der Waals surface area contributed by atoms with E-state index in [1.54, 1.807) is 18.5 Å². The van der Waals surface area contributed by atoms with Gasteiger partial charge in [-0.15, -0.1) is 10.2 Å². The minimum Gasteiger partial charge on any atom is -0.478 e. The first-order chi connectivity index (χ1) is 10.1. The molecule has 0 atom stereocenters. The summed E-state index contributed by atoms with van der Waals surface area (Å²) in [5, 5.41) is 17.1. The molecule has 0 aliphatic carbocycles. The van der Waals surface area contributed by atoms with E-state index in [2.05, 4.69) is 15.2 Å². The minimum absolute atomic E-state index is 0.230. The van der Waals surface area contributed by atoms with Gasteiger partial charge in [0.05, 0.1) is 11.1 Å². The van der Waals surface area contributed by atoms with Crippen LogP contribution in [0.4, 0.5) is 0 Å². The third-order valence-corrected chi connectivity index (χ3v) is 3.56. The molecule has 0 saturated carbocycles. The van der Waals surface area contributed by atoms with Crippen molar-refractivity contribution in [2.75, 3.05) is 0 Å². The van der Waals surface area contributed by atoms with Gasteiger partial charge in [0.15, 0.2) is 0 Å². The molecular formula is C14H15N5O2. The second-order valence-corrected chi connectivity index (χ2v) is 4.90. The van der Waals surface area contributed by atoms with Crippen molar-refractivity contribution in [3.8, 4) is 0 Å². The number of aromatic nitrogens is 5. The number of aromatic carboxylic acids is 1. The van der Waals surface area contributed by atoms with Crippen molar-refractivity contribution in [1.82, 2.24) is 24.3 Å². The summed E-state index contributed by atoms with van der Waals surface area (Å²) >= 11 is 0. The lowest BCUT2D eigenvalue weighted by atomic mass is 10.2. The van der Waals surface area contributed by atoms with E-state index in [0.717, 1.165) is 17.2 Å². The Kier molecular flexibility index (Phi) is 3.17. The molecule has 21 heavy (non-hydrogen) atoms. The van der Waals surface area contributed by atoms with Crippen LogP contribution in [0.25, 0.3) is 11.0 Å². The zero-order valence-electron chi connectivity index (χ0n) is 11.8. The standard InChI is InChI=1S/C14H15N5O2/c1-9-16-13-10(14(20)21)4-3-5-11(13)19(9)7-6-12-17-15-8-18(12)2/h3-5,8H,6-7H2,1-2H3,(H,20,21). The fraction of sp³-hybridized carbons (Fsp3) is 0.286.